The Morgan fingerprint density at radius 3 is 2.50 bits per heavy atom. The van der Waals surface area contributed by atoms with Crippen LogP contribution in [0.15, 0.2) is 34.7 Å². The van der Waals surface area contributed by atoms with Gasteiger partial charge in [0.2, 0.25) is 10.0 Å². The fourth-order valence-electron chi connectivity index (χ4n) is 2.42. The maximum Gasteiger partial charge on any atom is 0.266 e. The van der Waals surface area contributed by atoms with Crippen LogP contribution in [-0.2, 0) is 21.4 Å². The van der Waals surface area contributed by atoms with Gasteiger partial charge in [-0.3, -0.25) is 9.48 Å². The number of benzene rings is 1. The van der Waals surface area contributed by atoms with Crippen molar-refractivity contribution in [3.8, 4) is 6.07 Å². The quantitative estimate of drug-likeness (QED) is 0.546. The van der Waals surface area contributed by atoms with Crippen molar-refractivity contribution in [2.45, 2.75) is 32.2 Å². The molecule has 1 heterocycles. The summed E-state index contributed by atoms with van der Waals surface area (Å²) in [5.74, 6) is -0.328. The number of anilines is 1. The predicted octanol–water partition coefficient (Wildman–Crippen LogP) is 2.69. The van der Waals surface area contributed by atoms with Gasteiger partial charge in [-0.15, -0.1) is 0 Å². The molecule has 2 aromatic rings. The van der Waals surface area contributed by atoms with E-state index in [9.17, 15) is 18.5 Å². The van der Waals surface area contributed by atoms with Gasteiger partial charge in [0.05, 0.1) is 10.6 Å². The van der Waals surface area contributed by atoms with Gasteiger partial charge in [0.15, 0.2) is 0 Å². The van der Waals surface area contributed by atoms with Gasteiger partial charge < -0.3 is 5.32 Å². The van der Waals surface area contributed by atoms with Crippen LogP contribution in [0.1, 0.15) is 25.1 Å². The van der Waals surface area contributed by atoms with Crippen molar-refractivity contribution in [3.63, 3.8) is 0 Å². The molecular formula is C18H20ClN5O3S. The number of carbonyl (C=O) groups is 1. The molecule has 3 N–H and O–H groups in total. The number of nitrogens with one attached hydrogen (secondary N) is 1. The maximum atomic E-state index is 12.4. The van der Waals surface area contributed by atoms with Crippen molar-refractivity contribution in [1.29, 1.82) is 5.26 Å². The van der Waals surface area contributed by atoms with E-state index in [-0.39, 0.29) is 10.5 Å². The molecule has 0 fully saturated rings. The molecule has 0 spiro atoms. The molecule has 0 saturated heterocycles. The molecule has 148 valence electrons. The zero-order valence-electron chi connectivity index (χ0n) is 15.6. The Balaban J connectivity index is 2.27. The summed E-state index contributed by atoms with van der Waals surface area (Å²) < 4.78 is 24.2. The third-order valence-corrected chi connectivity index (χ3v) is 5.07. The Morgan fingerprint density at radius 1 is 1.39 bits per heavy atom. The van der Waals surface area contributed by atoms with E-state index in [2.05, 4.69) is 10.4 Å². The average molecular weight is 422 g/mol. The summed E-state index contributed by atoms with van der Waals surface area (Å²) in [4.78, 5) is 12.3. The van der Waals surface area contributed by atoms with Crippen molar-refractivity contribution in [3.05, 3.63) is 46.2 Å². The third kappa shape index (κ3) is 5.19. The number of aryl methyl sites for hydroxylation is 1. The van der Waals surface area contributed by atoms with Crippen molar-refractivity contribution >= 4 is 39.3 Å². The minimum Gasteiger partial charge on any atom is -0.321 e. The van der Waals surface area contributed by atoms with Crippen LogP contribution in [0.3, 0.4) is 0 Å². The molecule has 10 heteroatoms. The third-order valence-electron chi connectivity index (χ3n) is 3.74. The Morgan fingerprint density at radius 2 is 2.00 bits per heavy atom. The van der Waals surface area contributed by atoms with E-state index in [0.717, 1.165) is 0 Å². The monoisotopic (exact) mass is 421 g/mol. The number of amides is 1. The van der Waals surface area contributed by atoms with E-state index in [0.29, 0.717) is 34.6 Å². The topological polar surface area (TPSA) is 131 Å². The van der Waals surface area contributed by atoms with Crippen LogP contribution in [-0.4, -0.2) is 24.1 Å². The highest BCUT2D eigenvalue weighted by Crippen LogP contribution is 2.24. The average Bonchev–Trinajstić information content (AvgIpc) is 2.85. The number of sulfonamides is 1. The lowest BCUT2D eigenvalue weighted by Crippen LogP contribution is -2.14. The molecule has 0 saturated carbocycles. The van der Waals surface area contributed by atoms with Crippen molar-refractivity contribution in [2.75, 3.05) is 5.32 Å². The SMILES string of the molecule is Cc1nn(CC(C)C)c(Cl)c1/C=C(\C#N)C(=O)Nc1ccc(S(N)(=O)=O)cc1. The van der Waals surface area contributed by atoms with Crippen LogP contribution >= 0.6 is 11.6 Å². The Labute approximate surface area is 168 Å². The molecule has 0 atom stereocenters. The van der Waals surface area contributed by atoms with Crippen LogP contribution in [0.25, 0.3) is 6.08 Å². The predicted molar refractivity (Wildman–Crippen MR) is 107 cm³/mol. The normalized spacial score (nSPS) is 12.1. The minimum atomic E-state index is -3.83. The number of carbonyl (C=O) groups excluding carboxylic acids is 1. The van der Waals surface area contributed by atoms with Gasteiger partial charge in [-0.05, 0) is 43.2 Å². The van der Waals surface area contributed by atoms with Crippen LogP contribution in [0, 0.1) is 24.2 Å². The molecule has 0 aliphatic heterocycles. The van der Waals surface area contributed by atoms with Crippen molar-refractivity contribution in [2.24, 2.45) is 11.1 Å². The molecule has 28 heavy (non-hydrogen) atoms. The molecule has 0 radical (unpaired) electrons. The zero-order chi connectivity index (χ0) is 21.1. The van der Waals surface area contributed by atoms with Gasteiger partial charge in [0.1, 0.15) is 16.8 Å². The molecule has 8 nitrogen and oxygen atoms in total. The van der Waals surface area contributed by atoms with Gasteiger partial charge in [-0.2, -0.15) is 10.4 Å². The number of hydrogen-bond donors (Lipinski definition) is 2. The van der Waals surface area contributed by atoms with Crippen LogP contribution in [0.5, 0.6) is 0 Å². The number of halogens is 1. The molecule has 1 aromatic carbocycles. The molecule has 1 aromatic heterocycles. The summed E-state index contributed by atoms with van der Waals surface area (Å²) in [5.41, 5.74) is 1.25. The Kier molecular flexibility index (Phi) is 6.61. The number of hydrogen-bond acceptors (Lipinski definition) is 5. The van der Waals surface area contributed by atoms with Crippen molar-refractivity contribution in [1.82, 2.24) is 9.78 Å². The van der Waals surface area contributed by atoms with E-state index in [4.69, 9.17) is 16.7 Å². The lowest BCUT2D eigenvalue weighted by Gasteiger charge is -2.06. The first kappa shape index (κ1) is 21.6. The zero-order valence-corrected chi connectivity index (χ0v) is 17.2. The number of nitrogens with zero attached hydrogens (tertiary/aromatic N) is 3. The summed E-state index contributed by atoms with van der Waals surface area (Å²) in [6.07, 6.45) is 1.38. The number of rotatable bonds is 6. The summed E-state index contributed by atoms with van der Waals surface area (Å²) >= 11 is 6.35. The first-order chi connectivity index (χ1) is 13.0. The van der Waals surface area contributed by atoms with Gasteiger partial charge in [0, 0.05) is 17.8 Å². The van der Waals surface area contributed by atoms with Crippen LogP contribution < -0.4 is 10.5 Å². The lowest BCUT2D eigenvalue weighted by molar-refractivity contribution is -0.112. The molecular weight excluding hydrogens is 402 g/mol. The molecule has 0 unspecified atom stereocenters. The second-order valence-corrected chi connectivity index (χ2v) is 8.48. The fraction of sp³-hybridized carbons (Fsp3) is 0.278. The highest BCUT2D eigenvalue weighted by atomic mass is 35.5. The van der Waals surface area contributed by atoms with E-state index in [1.54, 1.807) is 11.6 Å². The molecule has 0 bridgehead atoms. The van der Waals surface area contributed by atoms with Gasteiger partial charge in [0.25, 0.3) is 5.91 Å². The van der Waals surface area contributed by atoms with Gasteiger partial charge in [-0.25, -0.2) is 13.6 Å². The van der Waals surface area contributed by atoms with Gasteiger partial charge in [-0.1, -0.05) is 25.4 Å². The van der Waals surface area contributed by atoms with E-state index >= 15 is 0 Å². The summed E-state index contributed by atoms with van der Waals surface area (Å²) in [7, 11) is -3.83. The first-order valence-corrected chi connectivity index (χ1v) is 10.2. The Hall–Kier alpha value is -2.67. The van der Waals surface area contributed by atoms with E-state index < -0.39 is 15.9 Å². The van der Waals surface area contributed by atoms with E-state index in [1.807, 2.05) is 19.9 Å². The fourth-order valence-corrected chi connectivity index (χ4v) is 3.23. The molecule has 0 aliphatic rings. The first-order valence-electron chi connectivity index (χ1n) is 8.31. The molecule has 0 aliphatic carbocycles. The van der Waals surface area contributed by atoms with Crippen molar-refractivity contribution < 1.29 is 13.2 Å². The lowest BCUT2D eigenvalue weighted by atomic mass is 10.1. The Bertz CT molecular complexity index is 1060. The molecule has 1 amide bonds. The second-order valence-electron chi connectivity index (χ2n) is 6.56. The second kappa shape index (κ2) is 8.56. The standard InChI is InChI=1S/C18H20ClN5O3S/c1-11(2)10-24-17(19)16(12(3)23-24)8-13(9-20)18(25)22-14-4-6-15(7-5-14)28(21,26)27/h4-8,11H,10H2,1-3H3,(H,22,25)(H2,21,26,27)/b13-8+. The smallest absolute Gasteiger partial charge is 0.266 e. The van der Waals surface area contributed by atoms with E-state index in [1.165, 1.54) is 30.3 Å². The molecule has 2 rings (SSSR count). The summed E-state index contributed by atoms with van der Waals surface area (Å²) in [6.45, 7) is 6.40. The summed E-state index contributed by atoms with van der Waals surface area (Å²) in [5, 5.41) is 21.6. The number of primary sulfonamides is 1. The minimum absolute atomic E-state index is 0.0819. The number of aromatic nitrogens is 2. The van der Waals surface area contributed by atoms with Crippen LogP contribution in [0.2, 0.25) is 5.15 Å². The highest BCUT2D eigenvalue weighted by Gasteiger charge is 2.17. The number of nitriles is 1. The highest BCUT2D eigenvalue weighted by molar-refractivity contribution is 7.89. The summed E-state index contributed by atoms with van der Waals surface area (Å²) in [6, 6.07) is 7.13. The number of nitrogens with two attached hydrogens (primary N) is 1. The largest absolute Gasteiger partial charge is 0.321 e. The van der Waals surface area contributed by atoms with Gasteiger partial charge >= 0.3 is 0 Å². The maximum absolute atomic E-state index is 12.4. The van der Waals surface area contributed by atoms with Crippen LogP contribution in [0.4, 0.5) is 5.69 Å².